The van der Waals surface area contributed by atoms with Crippen LogP contribution in [0.3, 0.4) is 0 Å². The van der Waals surface area contributed by atoms with Crippen molar-refractivity contribution in [2.24, 2.45) is 0 Å². The molecule has 0 aliphatic carbocycles. The molecule has 0 saturated carbocycles. The van der Waals surface area contributed by atoms with Gasteiger partial charge in [0.2, 0.25) is 12.2 Å². The van der Waals surface area contributed by atoms with E-state index in [0.717, 1.165) is 0 Å². The number of rotatable bonds is 5. The number of alkyl carbamates (subject to hydrolysis) is 1. The molecule has 0 aromatic rings. The third-order valence-corrected chi connectivity index (χ3v) is 1.61. The molecule has 0 aliphatic heterocycles. The molecule has 6 nitrogen and oxygen atoms in total. The lowest BCUT2D eigenvalue weighted by molar-refractivity contribution is -0.121. The summed E-state index contributed by atoms with van der Waals surface area (Å²) in [6.07, 6.45) is 1.06. The average Bonchev–Trinajstić information content (AvgIpc) is 2.10. The van der Waals surface area contributed by atoms with Crippen LogP contribution in [0.15, 0.2) is 0 Å². The van der Waals surface area contributed by atoms with E-state index in [1.165, 1.54) is 0 Å². The van der Waals surface area contributed by atoms with Gasteiger partial charge in [-0.05, 0) is 27.7 Å². The van der Waals surface area contributed by atoms with E-state index in [9.17, 15) is 14.4 Å². The van der Waals surface area contributed by atoms with Crippen LogP contribution in [0.2, 0.25) is 0 Å². The van der Waals surface area contributed by atoms with E-state index in [1.54, 1.807) is 34.0 Å². The maximum absolute atomic E-state index is 11.3. The first-order valence-corrected chi connectivity index (χ1v) is 5.36. The molecule has 6 heteroatoms. The monoisotopic (exact) mass is 243 g/mol. The van der Waals surface area contributed by atoms with Crippen molar-refractivity contribution in [3.8, 4) is 0 Å². The van der Waals surface area contributed by atoms with Crippen LogP contribution in [0.5, 0.6) is 0 Å². The Bertz CT molecular complexity index is 284. The van der Waals surface area contributed by atoms with Crippen LogP contribution in [-0.4, -0.2) is 36.5 Å². The highest BCUT2D eigenvalue weighted by molar-refractivity contribution is 5.79. The number of hydrogen-bond acceptors (Lipinski definition) is 4. The van der Waals surface area contributed by atoms with Gasteiger partial charge in [0.1, 0.15) is 5.60 Å². The first-order chi connectivity index (χ1) is 7.74. The zero-order valence-corrected chi connectivity index (χ0v) is 10.6. The lowest BCUT2D eigenvalue weighted by Gasteiger charge is -2.21. The Hall–Kier alpha value is -1.59. The fourth-order valence-electron chi connectivity index (χ4n) is 1.04. The summed E-state index contributed by atoms with van der Waals surface area (Å²) in [5.74, 6) is -0.322. The molecule has 17 heavy (non-hydrogen) atoms. The van der Waals surface area contributed by atoms with E-state index in [4.69, 9.17) is 4.74 Å². The normalized spacial score (nSPS) is 12.5. The minimum atomic E-state index is -0.571. The van der Waals surface area contributed by atoms with Crippen LogP contribution in [-0.2, 0) is 14.3 Å². The van der Waals surface area contributed by atoms with Crippen LogP contribution >= 0.6 is 0 Å². The predicted octanol–water partition coefficient (Wildman–Crippen LogP) is 0.516. The van der Waals surface area contributed by atoms with Gasteiger partial charge in [0.25, 0.3) is 0 Å². The summed E-state index contributed by atoms with van der Waals surface area (Å²) in [6.45, 7) is 6.80. The first kappa shape index (κ1) is 15.4. The summed E-state index contributed by atoms with van der Waals surface area (Å²) >= 11 is 0. The second kappa shape index (κ2) is 6.88. The summed E-state index contributed by atoms with van der Waals surface area (Å²) in [6, 6.07) is -0.364. The van der Waals surface area contributed by atoms with Crippen molar-refractivity contribution in [2.75, 3.05) is 6.54 Å². The van der Waals surface area contributed by atoms with Crippen molar-refractivity contribution >= 4 is 18.3 Å². The highest BCUT2D eigenvalue weighted by Crippen LogP contribution is 2.06. The fourth-order valence-corrected chi connectivity index (χ4v) is 1.04. The zero-order valence-electron chi connectivity index (χ0n) is 10.6. The van der Waals surface area contributed by atoms with Crippen LogP contribution in [0.25, 0.3) is 0 Å². The van der Waals surface area contributed by atoms with Gasteiger partial charge in [0.05, 0.1) is 6.54 Å². The summed E-state index contributed by atoms with van der Waals surface area (Å²) in [5, 5.41) is 4.85. The van der Waals surface area contributed by atoms with Gasteiger partial charge in [-0.15, -0.1) is 0 Å². The minimum Gasteiger partial charge on any atom is -0.444 e. The highest BCUT2D eigenvalue weighted by Gasteiger charge is 2.18. The second-order valence-electron chi connectivity index (χ2n) is 4.67. The number of hydrogen-bond donors (Lipinski definition) is 2. The van der Waals surface area contributed by atoms with Crippen LogP contribution < -0.4 is 10.6 Å². The minimum absolute atomic E-state index is 0.0842. The molecule has 0 heterocycles. The topological polar surface area (TPSA) is 84.5 Å². The van der Waals surface area contributed by atoms with E-state index in [2.05, 4.69) is 10.6 Å². The maximum atomic E-state index is 11.3. The molecule has 2 amide bonds. The van der Waals surface area contributed by atoms with Gasteiger partial charge < -0.3 is 15.4 Å². The van der Waals surface area contributed by atoms with Gasteiger partial charge in [-0.3, -0.25) is 9.59 Å². The summed E-state index contributed by atoms with van der Waals surface area (Å²) in [4.78, 5) is 32.4. The Balaban J connectivity index is 3.93. The molecule has 0 fully saturated rings. The van der Waals surface area contributed by atoms with Gasteiger partial charge in [-0.25, -0.2) is 4.79 Å². The van der Waals surface area contributed by atoms with Crippen molar-refractivity contribution < 1.29 is 19.1 Å². The first-order valence-electron chi connectivity index (χ1n) is 5.36. The number of ether oxygens (including phenoxy) is 1. The van der Waals surface area contributed by atoms with Gasteiger partial charge >= 0.3 is 6.09 Å². The Morgan fingerprint density at radius 2 is 1.94 bits per heavy atom. The van der Waals surface area contributed by atoms with E-state index in [0.29, 0.717) is 0 Å². The van der Waals surface area contributed by atoms with Crippen molar-refractivity contribution in [1.29, 1.82) is 0 Å². The molecule has 0 bridgehead atoms. The highest BCUT2D eigenvalue weighted by atomic mass is 16.6. The van der Waals surface area contributed by atoms with Gasteiger partial charge in [0, 0.05) is 12.5 Å². The van der Waals surface area contributed by atoms with Crippen molar-refractivity contribution in [3.05, 3.63) is 0 Å². The lowest BCUT2D eigenvalue weighted by atomic mass is 10.2. The number of nitrogens with one attached hydrogen (secondary N) is 2. The van der Waals surface area contributed by atoms with Gasteiger partial charge in [0.15, 0.2) is 0 Å². The van der Waals surface area contributed by atoms with Crippen LogP contribution in [0.1, 0.15) is 34.1 Å². The molecule has 0 saturated heterocycles. The molecule has 0 aromatic carbocycles. The predicted molar refractivity (Wildman–Crippen MR) is 62.2 cm³/mol. The van der Waals surface area contributed by atoms with Crippen molar-refractivity contribution in [1.82, 2.24) is 10.6 Å². The Morgan fingerprint density at radius 3 is 2.41 bits per heavy atom. The molecule has 2 N–H and O–H groups in total. The van der Waals surface area contributed by atoms with Crippen LogP contribution in [0, 0.1) is 0 Å². The van der Waals surface area contributed by atoms with E-state index < -0.39 is 11.7 Å². The molecule has 0 rings (SSSR count). The Labute approximate surface area is 101 Å². The summed E-state index contributed by atoms with van der Waals surface area (Å²) in [5.41, 5.74) is -0.571. The Morgan fingerprint density at radius 1 is 1.35 bits per heavy atom. The Kier molecular flexibility index (Phi) is 6.23. The van der Waals surface area contributed by atoms with Crippen molar-refractivity contribution in [3.63, 3.8) is 0 Å². The molecular weight excluding hydrogens is 224 g/mol. The second-order valence-corrected chi connectivity index (χ2v) is 4.67. The quantitative estimate of drug-likeness (QED) is 0.737. The SMILES string of the molecule is CC(CC(=O)NC[C]=O)NC(=O)OC(C)(C)C. The summed E-state index contributed by atoms with van der Waals surface area (Å²) < 4.78 is 5.03. The molecule has 0 spiro atoms. The van der Waals surface area contributed by atoms with E-state index in [1.807, 2.05) is 0 Å². The molecule has 97 valence electrons. The maximum Gasteiger partial charge on any atom is 0.407 e. The van der Waals surface area contributed by atoms with Crippen molar-refractivity contribution in [2.45, 2.75) is 45.8 Å². The average molecular weight is 243 g/mol. The van der Waals surface area contributed by atoms with Gasteiger partial charge in [-0.2, -0.15) is 0 Å². The molecule has 0 aromatic heterocycles. The molecular formula is C11H19N2O4. The smallest absolute Gasteiger partial charge is 0.407 e. The van der Waals surface area contributed by atoms with Crippen LogP contribution in [0.4, 0.5) is 4.79 Å². The van der Waals surface area contributed by atoms with E-state index in [-0.39, 0.29) is 24.9 Å². The fraction of sp³-hybridized carbons (Fsp3) is 0.727. The zero-order chi connectivity index (χ0) is 13.5. The number of carbonyl (C=O) groups is 2. The lowest BCUT2D eigenvalue weighted by Crippen LogP contribution is -2.40. The largest absolute Gasteiger partial charge is 0.444 e. The van der Waals surface area contributed by atoms with Gasteiger partial charge in [-0.1, -0.05) is 0 Å². The van der Waals surface area contributed by atoms with E-state index >= 15 is 0 Å². The summed E-state index contributed by atoms with van der Waals surface area (Å²) in [7, 11) is 0. The standard InChI is InChI=1S/C11H19N2O4/c1-8(7-9(15)12-5-6-14)13-10(16)17-11(2,3)4/h8H,5,7H2,1-4H3,(H,12,15)(H,13,16). The molecule has 1 atom stereocenters. The number of carbonyl (C=O) groups excluding carboxylic acids is 3. The number of amides is 2. The third kappa shape index (κ3) is 9.35. The molecule has 1 radical (unpaired) electrons. The molecule has 1 unspecified atom stereocenters. The third-order valence-electron chi connectivity index (χ3n) is 1.61. The molecule has 0 aliphatic rings.